The Labute approximate surface area is 639 Å². The van der Waals surface area contributed by atoms with Crippen molar-refractivity contribution in [3.8, 4) is 89.0 Å². The van der Waals surface area contributed by atoms with Gasteiger partial charge in [0.25, 0.3) is 6.71 Å². The Balaban J connectivity index is 0.960. The van der Waals surface area contributed by atoms with E-state index in [4.69, 9.17) is 4.42 Å². The number of hydrogen-bond donors (Lipinski definition) is 0. The number of nitrogens with zero attached hydrogens (tertiary/aromatic N) is 2. The average molecular weight is 1420 g/mol. The van der Waals surface area contributed by atoms with Crippen LogP contribution in [-0.2, 0) is 16.2 Å². The highest BCUT2D eigenvalue weighted by molar-refractivity contribution is 7.26. The zero-order chi connectivity index (χ0) is 72.8. The lowest BCUT2D eigenvalue weighted by molar-refractivity contribution is 0.590. The monoisotopic (exact) mass is 1420 g/mol. The molecule has 3 aliphatic rings. The van der Waals surface area contributed by atoms with E-state index in [0.717, 1.165) is 112 Å². The summed E-state index contributed by atoms with van der Waals surface area (Å²) in [6.45, 7) is 21.2. The van der Waals surface area contributed by atoms with Gasteiger partial charge in [-0.15, -0.1) is 22.7 Å². The molecule has 0 fully saturated rings. The second-order valence-corrected chi connectivity index (χ2v) is 35.4. The third-order valence-electron chi connectivity index (χ3n) is 23.4. The van der Waals surface area contributed by atoms with Crippen molar-refractivity contribution in [2.24, 2.45) is 0 Å². The normalized spacial score (nSPS) is 13.2. The number of benzene rings is 15. The third-order valence-corrected chi connectivity index (χ3v) is 25.7. The van der Waals surface area contributed by atoms with Gasteiger partial charge in [0.05, 0.1) is 11.4 Å². The Bertz CT molecular complexity index is 6430. The summed E-state index contributed by atoms with van der Waals surface area (Å²) in [6.07, 6.45) is 0. The molecule has 0 N–H and O–H groups in total. The van der Waals surface area contributed by atoms with Crippen molar-refractivity contribution in [2.75, 3.05) is 9.80 Å². The minimum absolute atomic E-state index is 0.233. The molecule has 13 bridgehead atoms. The Morgan fingerprint density at radius 1 is 0.250 bits per heavy atom. The van der Waals surface area contributed by atoms with Crippen LogP contribution >= 0.6 is 22.7 Å². The van der Waals surface area contributed by atoms with E-state index in [-0.39, 0.29) is 23.0 Å². The molecule has 516 valence electrons. The number of rotatable bonds is 4. The molecule has 3 nitrogen and oxygen atoms in total. The Kier molecular flexibility index (Phi) is 14.3. The van der Waals surface area contributed by atoms with Crippen LogP contribution in [0.2, 0.25) is 0 Å². The van der Waals surface area contributed by atoms with Gasteiger partial charge in [0.15, 0.2) is 0 Å². The van der Waals surface area contributed by atoms with Crippen LogP contribution in [0.3, 0.4) is 0 Å². The molecule has 6 heteroatoms. The molecule has 21 rings (SSSR count). The van der Waals surface area contributed by atoms with Crippen LogP contribution in [0, 0.1) is 0 Å². The summed E-state index contributed by atoms with van der Waals surface area (Å²) in [6, 6.07) is 117. The van der Waals surface area contributed by atoms with E-state index < -0.39 is 0 Å². The van der Waals surface area contributed by atoms with Gasteiger partial charge < -0.3 is 14.2 Å². The summed E-state index contributed by atoms with van der Waals surface area (Å²) in [5.41, 5.74) is 33.8. The van der Waals surface area contributed by atoms with Crippen molar-refractivity contribution in [1.82, 2.24) is 0 Å². The largest absolute Gasteiger partial charge is 0.456 e. The van der Waals surface area contributed by atoms with E-state index in [9.17, 15) is 0 Å². The summed E-state index contributed by atoms with van der Waals surface area (Å²) in [5.74, 6) is 0. The van der Waals surface area contributed by atoms with E-state index >= 15 is 0 Å². The Morgan fingerprint density at radius 2 is 0.574 bits per heavy atom. The van der Waals surface area contributed by atoms with Gasteiger partial charge in [-0.1, -0.05) is 244 Å². The van der Waals surface area contributed by atoms with Gasteiger partial charge in [-0.25, -0.2) is 0 Å². The van der Waals surface area contributed by atoms with Gasteiger partial charge in [0.2, 0.25) is 0 Å². The van der Waals surface area contributed by atoms with Crippen LogP contribution in [0.25, 0.3) is 151 Å². The van der Waals surface area contributed by atoms with E-state index in [1.54, 1.807) is 0 Å². The van der Waals surface area contributed by atoms with Crippen molar-refractivity contribution >= 4 is 142 Å². The van der Waals surface area contributed by atoms with Crippen molar-refractivity contribution < 1.29 is 4.42 Å². The first-order valence-electron chi connectivity index (χ1n) is 37.9. The second-order valence-electron chi connectivity index (χ2n) is 33.2. The molecule has 0 unspecified atom stereocenters. The van der Waals surface area contributed by atoms with Crippen molar-refractivity contribution in [1.29, 1.82) is 0 Å². The molecular formula is C102H77BN2OS2. The van der Waals surface area contributed by atoms with Crippen LogP contribution < -0.4 is 26.2 Å². The Hall–Kier alpha value is -11.8. The highest BCUT2D eigenvalue weighted by Gasteiger charge is 2.47. The maximum atomic E-state index is 6.79. The van der Waals surface area contributed by atoms with E-state index in [1.165, 1.54) is 107 Å². The lowest BCUT2D eigenvalue weighted by atomic mass is 9.33. The van der Waals surface area contributed by atoms with E-state index in [0.29, 0.717) is 0 Å². The lowest BCUT2D eigenvalue weighted by Gasteiger charge is -2.47. The van der Waals surface area contributed by atoms with Crippen LogP contribution in [-0.4, -0.2) is 6.71 Å². The molecule has 18 aromatic rings. The zero-order valence-corrected chi connectivity index (χ0v) is 63.7. The van der Waals surface area contributed by atoms with Crippen LogP contribution in [0.4, 0.5) is 34.1 Å². The predicted octanol–water partition coefficient (Wildman–Crippen LogP) is 27.9. The first-order valence-corrected chi connectivity index (χ1v) is 39.6. The van der Waals surface area contributed by atoms with Crippen LogP contribution in [0.15, 0.2) is 308 Å². The molecule has 0 aliphatic carbocycles. The molecule has 0 saturated carbocycles. The average Bonchev–Trinajstić information content (AvgIpc) is 0.910. The fraction of sp³-hybridized carbons (Fsp3) is 0.118. The number of thiophene rings is 2. The summed E-state index contributed by atoms with van der Waals surface area (Å²) < 4.78 is 12.0. The molecule has 15 aromatic carbocycles. The molecule has 0 saturated heterocycles. The van der Waals surface area contributed by atoms with Crippen molar-refractivity contribution in [3.63, 3.8) is 0 Å². The fourth-order valence-corrected chi connectivity index (χ4v) is 19.9. The first kappa shape index (κ1) is 64.6. The van der Waals surface area contributed by atoms with E-state index in [1.807, 2.05) is 22.7 Å². The topological polar surface area (TPSA) is 19.6 Å². The zero-order valence-electron chi connectivity index (χ0n) is 62.1. The maximum Gasteiger partial charge on any atom is 0.252 e. The fourth-order valence-electron chi connectivity index (χ4n) is 17.7. The standard InChI is InChI=1S/C102H77BN2OS2/c1-100(2,3)72-54-77(60-22-12-10-13-23-60)98-79(56-72)70-28-20-26-62(46-70)64-36-42-91-81(48-64)82-49-65(37-43-92(82)106-91)63-27-21-29-71(47-63)80-57-73(101(4,5)6)55-78(61-24-14-11-15-25-61)99(80)105-88-41-35-69(67-39-45-96-84(51-67)76-31-17-19-33-94(76)108-96)53-86(88)103-85-52-68(66-38-44-95-83(50-66)75-30-16-18-32-93(75)107-95)34-40-87(85)104(98)89-58-74(102(7,8)9)59-90(105)97(89)103/h10-59H,1-9H3. The maximum absolute atomic E-state index is 6.79. The van der Waals surface area contributed by atoms with E-state index in [2.05, 4.69) is 375 Å². The third kappa shape index (κ3) is 10.3. The van der Waals surface area contributed by atoms with Crippen molar-refractivity contribution in [3.05, 3.63) is 320 Å². The molecule has 0 atom stereocenters. The molecule has 3 aromatic heterocycles. The van der Waals surface area contributed by atoms with Gasteiger partial charge >= 0.3 is 0 Å². The molecule has 0 amide bonds. The molecule has 3 aliphatic heterocycles. The SMILES string of the molecule is CC(C)(C)c1cc(-c2ccccc2)c2c(c1)-c1cccc(c1)-c1ccc3oc4ccc(cc4c3c1)-c1cccc(c1)-c1cc(C(C)(C)C)cc(-c3ccccc3)c1N1c3ccc(-c4ccc5sc6ccccc6c5c4)cc3B3c4cc(-c5ccc6sc7ccccc7c6c5)ccc4N2c2cc(C(C)(C)C)cc1c23. The summed E-state index contributed by atoms with van der Waals surface area (Å²) >= 11 is 3.75. The van der Waals surface area contributed by atoms with Crippen LogP contribution in [0.5, 0.6) is 0 Å². The van der Waals surface area contributed by atoms with Gasteiger partial charge in [0.1, 0.15) is 11.2 Å². The number of fused-ring (bicyclic) bond motifs is 26. The quantitative estimate of drug-likeness (QED) is 0.164. The second kappa shape index (κ2) is 23.9. The highest BCUT2D eigenvalue weighted by Crippen LogP contribution is 2.56. The minimum Gasteiger partial charge on any atom is -0.456 e. The molecular weight excluding hydrogens is 1340 g/mol. The van der Waals surface area contributed by atoms with Crippen molar-refractivity contribution in [2.45, 2.75) is 78.6 Å². The minimum atomic E-state index is -0.324. The predicted molar refractivity (Wildman–Crippen MR) is 467 cm³/mol. The van der Waals surface area contributed by atoms with Gasteiger partial charge in [-0.3, -0.25) is 0 Å². The van der Waals surface area contributed by atoms with Crippen LogP contribution in [0.1, 0.15) is 79.0 Å². The van der Waals surface area contributed by atoms with Gasteiger partial charge in [0, 0.05) is 96.1 Å². The highest BCUT2D eigenvalue weighted by atomic mass is 32.1. The summed E-state index contributed by atoms with van der Waals surface area (Å²) in [7, 11) is 0. The Morgan fingerprint density at radius 3 is 1.00 bits per heavy atom. The molecule has 0 spiro atoms. The molecule has 6 heterocycles. The number of anilines is 6. The lowest BCUT2D eigenvalue weighted by Crippen LogP contribution is -2.61. The van der Waals surface area contributed by atoms with Gasteiger partial charge in [-0.05, 0) is 237 Å². The number of hydrogen-bond acceptors (Lipinski definition) is 5. The first-order chi connectivity index (χ1) is 52.4. The smallest absolute Gasteiger partial charge is 0.252 e. The molecule has 108 heavy (non-hydrogen) atoms. The molecule has 0 radical (unpaired) electrons. The summed E-state index contributed by atoms with van der Waals surface area (Å²) in [4.78, 5) is 5.49. The summed E-state index contributed by atoms with van der Waals surface area (Å²) in [5, 5.41) is 7.33. The van der Waals surface area contributed by atoms with Gasteiger partial charge in [-0.2, -0.15) is 0 Å². The number of furan rings is 1.